The highest BCUT2D eigenvalue weighted by Gasteiger charge is 2.34. The Hall–Kier alpha value is -2.38. The summed E-state index contributed by atoms with van der Waals surface area (Å²) in [6.07, 6.45) is -2.92. The first-order valence-corrected chi connectivity index (χ1v) is 6.14. The van der Waals surface area contributed by atoms with Gasteiger partial charge in [0.1, 0.15) is 6.54 Å². The molecule has 5 nitrogen and oxygen atoms in total. The Bertz CT molecular complexity index is 622. The normalized spacial score (nSPS) is 11.4. The maximum atomic E-state index is 12.5. The van der Waals surface area contributed by atoms with Crippen LogP contribution >= 0.6 is 0 Å². The molecule has 1 N–H and O–H groups in total. The summed E-state index contributed by atoms with van der Waals surface area (Å²) in [6.45, 7) is 1.41. The summed E-state index contributed by atoms with van der Waals surface area (Å²) in [5.41, 5.74) is -0.0631. The third kappa shape index (κ3) is 4.04. The van der Waals surface area contributed by atoms with Gasteiger partial charge in [-0.3, -0.25) is 14.5 Å². The van der Waals surface area contributed by atoms with Crippen molar-refractivity contribution in [1.29, 1.82) is 0 Å². The van der Waals surface area contributed by atoms with Crippen LogP contribution in [0.15, 0.2) is 30.5 Å². The number of aryl methyl sites for hydroxylation is 1. The van der Waals surface area contributed by atoms with Gasteiger partial charge in [-0.25, -0.2) is 0 Å². The van der Waals surface area contributed by atoms with Crippen molar-refractivity contribution in [1.82, 2.24) is 20.1 Å². The fourth-order valence-corrected chi connectivity index (χ4v) is 1.69. The lowest BCUT2D eigenvalue weighted by atomic mass is 10.3. The first kappa shape index (κ1) is 15.0. The SMILES string of the molecule is Cc1cc(C(F)(F)F)nn1CC(=O)NCc1ccccn1. The van der Waals surface area contributed by atoms with Crippen molar-refractivity contribution >= 4 is 5.91 Å². The molecule has 0 bridgehead atoms. The van der Waals surface area contributed by atoms with E-state index >= 15 is 0 Å². The van der Waals surface area contributed by atoms with Crippen LogP contribution in [0.5, 0.6) is 0 Å². The highest BCUT2D eigenvalue weighted by Crippen LogP contribution is 2.28. The molecule has 2 rings (SSSR count). The summed E-state index contributed by atoms with van der Waals surface area (Å²) in [5.74, 6) is -0.430. The van der Waals surface area contributed by atoms with E-state index in [1.165, 1.54) is 6.92 Å². The monoisotopic (exact) mass is 298 g/mol. The number of hydrogen-bond acceptors (Lipinski definition) is 3. The molecule has 0 atom stereocenters. The minimum atomic E-state index is -4.51. The number of amides is 1. The smallest absolute Gasteiger partial charge is 0.349 e. The molecule has 0 spiro atoms. The molecule has 0 aliphatic rings. The first-order valence-electron chi connectivity index (χ1n) is 6.14. The third-order valence-electron chi connectivity index (χ3n) is 2.76. The van der Waals surface area contributed by atoms with E-state index in [0.717, 1.165) is 10.7 Å². The number of carbonyl (C=O) groups is 1. The van der Waals surface area contributed by atoms with E-state index in [9.17, 15) is 18.0 Å². The molecule has 0 fully saturated rings. The minimum absolute atomic E-state index is 0.214. The maximum absolute atomic E-state index is 12.5. The van der Waals surface area contributed by atoms with Crippen molar-refractivity contribution in [3.63, 3.8) is 0 Å². The second-order valence-electron chi connectivity index (χ2n) is 4.42. The lowest BCUT2D eigenvalue weighted by molar-refractivity contribution is -0.141. The molecule has 112 valence electrons. The number of aromatic nitrogens is 3. The number of alkyl halides is 3. The van der Waals surface area contributed by atoms with Gasteiger partial charge in [0, 0.05) is 11.9 Å². The summed E-state index contributed by atoms with van der Waals surface area (Å²) in [4.78, 5) is 15.7. The van der Waals surface area contributed by atoms with Gasteiger partial charge in [-0.2, -0.15) is 18.3 Å². The van der Waals surface area contributed by atoms with Gasteiger partial charge >= 0.3 is 6.18 Å². The van der Waals surface area contributed by atoms with Gasteiger partial charge in [0.25, 0.3) is 0 Å². The van der Waals surface area contributed by atoms with E-state index in [1.54, 1.807) is 24.4 Å². The van der Waals surface area contributed by atoms with Gasteiger partial charge in [-0.15, -0.1) is 0 Å². The number of halogens is 3. The van der Waals surface area contributed by atoms with Crippen LogP contribution in [0.25, 0.3) is 0 Å². The number of nitrogens with one attached hydrogen (secondary N) is 1. The molecule has 1 amide bonds. The second-order valence-corrected chi connectivity index (χ2v) is 4.42. The van der Waals surface area contributed by atoms with Gasteiger partial charge in [0.15, 0.2) is 5.69 Å². The molecular formula is C13H13F3N4O. The Morgan fingerprint density at radius 2 is 2.14 bits per heavy atom. The van der Waals surface area contributed by atoms with Crippen LogP contribution in [-0.2, 0) is 24.1 Å². The van der Waals surface area contributed by atoms with Crippen molar-refractivity contribution in [2.24, 2.45) is 0 Å². The van der Waals surface area contributed by atoms with Crippen molar-refractivity contribution in [3.05, 3.63) is 47.5 Å². The Balaban J connectivity index is 1.95. The van der Waals surface area contributed by atoms with Crippen molar-refractivity contribution in [3.8, 4) is 0 Å². The summed E-state index contributed by atoms with van der Waals surface area (Å²) in [5, 5.41) is 5.97. The van der Waals surface area contributed by atoms with E-state index in [0.29, 0.717) is 5.69 Å². The average Bonchev–Trinajstić information content (AvgIpc) is 2.79. The highest BCUT2D eigenvalue weighted by atomic mass is 19.4. The number of pyridine rings is 1. The number of carbonyl (C=O) groups excluding carboxylic acids is 1. The lowest BCUT2D eigenvalue weighted by Gasteiger charge is -2.06. The van der Waals surface area contributed by atoms with Crippen LogP contribution in [0, 0.1) is 6.92 Å². The van der Waals surface area contributed by atoms with Gasteiger partial charge in [0.05, 0.1) is 12.2 Å². The molecule has 2 heterocycles. The molecule has 0 saturated heterocycles. The van der Waals surface area contributed by atoms with E-state index in [4.69, 9.17) is 0 Å². The zero-order chi connectivity index (χ0) is 15.5. The van der Waals surface area contributed by atoms with Gasteiger partial charge in [-0.05, 0) is 25.1 Å². The van der Waals surface area contributed by atoms with Crippen LogP contribution in [0.4, 0.5) is 13.2 Å². The molecule has 21 heavy (non-hydrogen) atoms. The first-order chi connectivity index (χ1) is 9.86. The molecule has 0 radical (unpaired) electrons. The van der Waals surface area contributed by atoms with Crippen LogP contribution < -0.4 is 5.32 Å². The van der Waals surface area contributed by atoms with Gasteiger partial charge in [-0.1, -0.05) is 6.07 Å². The van der Waals surface area contributed by atoms with E-state index < -0.39 is 17.8 Å². The second kappa shape index (κ2) is 5.94. The molecular weight excluding hydrogens is 285 g/mol. The van der Waals surface area contributed by atoms with Gasteiger partial charge in [0.2, 0.25) is 5.91 Å². The zero-order valence-electron chi connectivity index (χ0n) is 11.2. The quantitative estimate of drug-likeness (QED) is 0.938. The fourth-order valence-electron chi connectivity index (χ4n) is 1.69. The Morgan fingerprint density at radius 3 is 2.71 bits per heavy atom. The van der Waals surface area contributed by atoms with Crippen LogP contribution in [0.3, 0.4) is 0 Å². The summed E-state index contributed by atoms with van der Waals surface area (Å²) < 4.78 is 38.5. The Labute approximate surface area is 118 Å². The number of nitrogens with zero attached hydrogens (tertiary/aromatic N) is 3. The summed E-state index contributed by atoms with van der Waals surface area (Å²) in [7, 11) is 0. The Morgan fingerprint density at radius 1 is 1.38 bits per heavy atom. The minimum Gasteiger partial charge on any atom is -0.349 e. The van der Waals surface area contributed by atoms with Crippen LogP contribution in [-0.4, -0.2) is 20.7 Å². The van der Waals surface area contributed by atoms with Crippen LogP contribution in [0.2, 0.25) is 0 Å². The Kier molecular flexibility index (Phi) is 4.25. The molecule has 0 aliphatic heterocycles. The topological polar surface area (TPSA) is 59.8 Å². The molecule has 0 unspecified atom stereocenters. The fraction of sp³-hybridized carbons (Fsp3) is 0.308. The van der Waals surface area contributed by atoms with E-state index in [2.05, 4.69) is 15.4 Å². The van der Waals surface area contributed by atoms with Crippen molar-refractivity contribution in [2.45, 2.75) is 26.2 Å². The summed E-state index contributed by atoms with van der Waals surface area (Å²) in [6, 6.07) is 6.17. The largest absolute Gasteiger partial charge is 0.435 e. The van der Waals surface area contributed by atoms with E-state index in [-0.39, 0.29) is 18.8 Å². The predicted molar refractivity (Wildman–Crippen MR) is 68.0 cm³/mol. The van der Waals surface area contributed by atoms with E-state index in [1.807, 2.05) is 0 Å². The molecule has 2 aromatic rings. The standard InChI is InChI=1S/C13H13F3N4O/c1-9-6-11(13(14,15)16)19-20(9)8-12(21)18-7-10-4-2-3-5-17-10/h2-6H,7-8H2,1H3,(H,18,21). The van der Waals surface area contributed by atoms with Crippen molar-refractivity contribution < 1.29 is 18.0 Å². The van der Waals surface area contributed by atoms with Crippen molar-refractivity contribution in [2.75, 3.05) is 0 Å². The van der Waals surface area contributed by atoms with Gasteiger partial charge < -0.3 is 5.32 Å². The highest BCUT2D eigenvalue weighted by molar-refractivity contribution is 5.75. The lowest BCUT2D eigenvalue weighted by Crippen LogP contribution is -2.28. The molecule has 2 aromatic heterocycles. The number of hydrogen-bond donors (Lipinski definition) is 1. The summed E-state index contributed by atoms with van der Waals surface area (Å²) >= 11 is 0. The third-order valence-corrected chi connectivity index (χ3v) is 2.76. The van der Waals surface area contributed by atoms with Crippen LogP contribution in [0.1, 0.15) is 17.1 Å². The zero-order valence-corrected chi connectivity index (χ0v) is 11.2. The maximum Gasteiger partial charge on any atom is 0.435 e. The predicted octanol–water partition coefficient (Wildman–Crippen LogP) is 1.92. The molecule has 0 saturated carbocycles. The molecule has 8 heteroatoms. The average molecular weight is 298 g/mol. The molecule has 0 aromatic carbocycles. The molecule has 0 aliphatic carbocycles. The number of rotatable bonds is 4.